The number of nitrogens with one attached hydrogen (secondary N) is 2. The molecule has 6 heteroatoms. The van der Waals surface area contributed by atoms with E-state index < -0.39 is 7.92 Å². The third-order valence-electron chi connectivity index (χ3n) is 6.25. The van der Waals surface area contributed by atoms with Crippen LogP contribution in [-0.4, -0.2) is 9.97 Å². The molecule has 0 bridgehead atoms. The van der Waals surface area contributed by atoms with Crippen molar-refractivity contribution in [3.8, 4) is 6.07 Å². The number of rotatable bonds is 8. The van der Waals surface area contributed by atoms with Crippen LogP contribution in [0.3, 0.4) is 0 Å². The third-order valence-corrected chi connectivity index (χ3v) is 8.77. The molecule has 0 aliphatic rings. The molecule has 0 amide bonds. The first-order valence-corrected chi connectivity index (χ1v) is 14.0. The molecule has 1 heterocycles. The lowest BCUT2D eigenvalue weighted by Crippen LogP contribution is -2.13. The van der Waals surface area contributed by atoms with Gasteiger partial charge in [-0.2, -0.15) is 10.2 Å². The molecule has 5 nitrogen and oxygen atoms in total. The molecule has 0 spiro atoms. The average molecular weight is 514 g/mol. The van der Waals surface area contributed by atoms with E-state index in [2.05, 4.69) is 113 Å². The quantitative estimate of drug-likeness (QED) is 0.217. The Morgan fingerprint density at radius 3 is 1.95 bits per heavy atom. The van der Waals surface area contributed by atoms with Gasteiger partial charge in [0, 0.05) is 23.7 Å². The van der Waals surface area contributed by atoms with Gasteiger partial charge in [0.25, 0.3) is 0 Å². The number of hydrogen-bond acceptors (Lipinski definition) is 5. The summed E-state index contributed by atoms with van der Waals surface area (Å²) in [7, 11) is -0.509. The molecule has 5 rings (SSSR count). The van der Waals surface area contributed by atoms with Gasteiger partial charge in [0.2, 0.25) is 5.95 Å². The van der Waals surface area contributed by atoms with Crippen molar-refractivity contribution in [2.75, 3.05) is 10.6 Å². The van der Waals surface area contributed by atoms with Crippen LogP contribution in [0.15, 0.2) is 109 Å². The Hall–Kier alpha value is -4.52. The van der Waals surface area contributed by atoms with Crippen LogP contribution >= 0.6 is 7.92 Å². The Kier molecular flexibility index (Phi) is 7.73. The molecule has 1 aromatic heterocycles. The second-order valence-electron chi connectivity index (χ2n) is 9.07. The number of aryl methyl sites for hydroxylation is 2. The normalized spacial score (nSPS) is 10.7. The first kappa shape index (κ1) is 25.1. The van der Waals surface area contributed by atoms with Gasteiger partial charge in [-0.3, -0.25) is 0 Å². The fraction of sp³-hybridized carbons (Fsp3) is 0.0938. The summed E-state index contributed by atoms with van der Waals surface area (Å²) < 4.78 is 0. The highest BCUT2D eigenvalue weighted by atomic mass is 31.1. The van der Waals surface area contributed by atoms with Crippen LogP contribution < -0.4 is 21.2 Å². The lowest BCUT2D eigenvalue weighted by atomic mass is 10.1. The summed E-state index contributed by atoms with van der Waals surface area (Å²) in [6.45, 7) is 4.28. The van der Waals surface area contributed by atoms with Gasteiger partial charge in [0.15, 0.2) is 0 Å². The number of anilines is 4. The van der Waals surface area contributed by atoms with Gasteiger partial charge in [0.05, 0.1) is 11.6 Å². The highest BCUT2D eigenvalue weighted by Crippen LogP contribution is 2.39. The van der Waals surface area contributed by atoms with Crippen LogP contribution in [-0.2, 0) is 6.16 Å². The van der Waals surface area contributed by atoms with Gasteiger partial charge < -0.3 is 10.6 Å². The second-order valence-corrected chi connectivity index (χ2v) is 11.3. The van der Waals surface area contributed by atoms with Crippen LogP contribution in [0.5, 0.6) is 0 Å². The Balaban J connectivity index is 1.36. The summed E-state index contributed by atoms with van der Waals surface area (Å²) in [6, 6.07) is 37.4. The maximum Gasteiger partial charge on any atom is 0.229 e. The largest absolute Gasteiger partial charge is 0.340 e. The van der Waals surface area contributed by atoms with Crippen molar-refractivity contribution in [1.29, 1.82) is 5.26 Å². The van der Waals surface area contributed by atoms with Crippen LogP contribution in [0.2, 0.25) is 0 Å². The summed E-state index contributed by atoms with van der Waals surface area (Å²) in [4.78, 5) is 8.99. The Bertz CT molecular complexity index is 1500. The SMILES string of the molecule is Cc1cc(CP(c2ccccc2)c2ccccc2)cc(C)c1Nc1ccnc(Nc2ccc(C#N)cc2)n1. The minimum absolute atomic E-state index is 0.489. The highest BCUT2D eigenvalue weighted by Gasteiger charge is 2.16. The molecule has 0 saturated carbocycles. The molecule has 4 aromatic carbocycles. The number of benzene rings is 4. The van der Waals surface area contributed by atoms with E-state index in [1.165, 1.54) is 27.3 Å². The van der Waals surface area contributed by atoms with E-state index in [4.69, 9.17) is 5.26 Å². The van der Waals surface area contributed by atoms with Crippen molar-refractivity contribution < 1.29 is 0 Å². The maximum atomic E-state index is 9.00. The molecule has 0 aliphatic heterocycles. The molecule has 0 saturated heterocycles. The van der Waals surface area contributed by atoms with Crippen LogP contribution in [0.1, 0.15) is 22.3 Å². The van der Waals surface area contributed by atoms with E-state index in [0.717, 1.165) is 17.5 Å². The van der Waals surface area contributed by atoms with E-state index in [1.54, 1.807) is 18.3 Å². The number of aromatic nitrogens is 2. The molecule has 0 aliphatic carbocycles. The molecule has 2 N–H and O–H groups in total. The van der Waals surface area contributed by atoms with Gasteiger partial charge in [-0.1, -0.05) is 72.8 Å². The summed E-state index contributed by atoms with van der Waals surface area (Å²) in [5.41, 5.74) is 6.18. The van der Waals surface area contributed by atoms with E-state index in [1.807, 2.05) is 18.2 Å². The molecule has 0 radical (unpaired) electrons. The standard InChI is InChI=1S/C32H28N5P/c1-23-19-26(22-38(28-9-5-3-6-10-28)29-11-7-4-8-12-29)20-24(2)31(23)36-30-17-18-34-32(37-30)35-27-15-13-25(21-33)14-16-27/h3-20H,22H2,1-2H3,(H2,34,35,36,37). The summed E-state index contributed by atoms with van der Waals surface area (Å²) >= 11 is 0. The van der Waals surface area contributed by atoms with Crippen molar-refractivity contribution in [2.24, 2.45) is 0 Å². The average Bonchev–Trinajstić information content (AvgIpc) is 2.95. The zero-order valence-corrected chi connectivity index (χ0v) is 22.3. The van der Waals surface area contributed by atoms with E-state index >= 15 is 0 Å². The van der Waals surface area contributed by atoms with Crippen molar-refractivity contribution in [3.63, 3.8) is 0 Å². The zero-order valence-electron chi connectivity index (χ0n) is 21.4. The van der Waals surface area contributed by atoms with Gasteiger partial charge in [-0.25, -0.2) is 4.98 Å². The monoisotopic (exact) mass is 513 g/mol. The number of hydrogen-bond donors (Lipinski definition) is 2. The first-order valence-electron chi connectivity index (χ1n) is 12.4. The fourth-order valence-electron chi connectivity index (χ4n) is 4.45. The lowest BCUT2D eigenvalue weighted by molar-refractivity contribution is 1.16. The van der Waals surface area contributed by atoms with E-state index in [0.29, 0.717) is 17.3 Å². The molecule has 0 atom stereocenters. The fourth-order valence-corrected chi connectivity index (χ4v) is 6.72. The third kappa shape index (κ3) is 6.06. The van der Waals surface area contributed by atoms with Gasteiger partial charge in [0.1, 0.15) is 5.82 Å². The maximum absolute atomic E-state index is 9.00. The number of nitrogens with zero attached hydrogens (tertiary/aromatic N) is 3. The molecular weight excluding hydrogens is 485 g/mol. The molecule has 5 aromatic rings. The van der Waals surface area contributed by atoms with Crippen molar-refractivity contribution in [1.82, 2.24) is 9.97 Å². The van der Waals surface area contributed by atoms with Gasteiger partial charge in [-0.15, -0.1) is 0 Å². The molecule has 0 fully saturated rings. The van der Waals surface area contributed by atoms with Gasteiger partial charge >= 0.3 is 0 Å². The van der Waals surface area contributed by atoms with Crippen molar-refractivity contribution in [2.45, 2.75) is 20.0 Å². The second kappa shape index (κ2) is 11.7. The molecule has 0 unspecified atom stereocenters. The minimum atomic E-state index is -0.509. The Labute approximate surface area is 225 Å². The van der Waals surface area contributed by atoms with Gasteiger partial charge in [-0.05, 0) is 79.4 Å². The lowest BCUT2D eigenvalue weighted by Gasteiger charge is -2.21. The van der Waals surface area contributed by atoms with Crippen LogP contribution in [0, 0.1) is 25.2 Å². The van der Waals surface area contributed by atoms with Crippen molar-refractivity contribution >= 4 is 41.7 Å². The Morgan fingerprint density at radius 2 is 1.37 bits per heavy atom. The first-order chi connectivity index (χ1) is 18.6. The molecular formula is C32H28N5P. The zero-order chi connectivity index (χ0) is 26.3. The summed E-state index contributed by atoms with van der Waals surface area (Å²) in [5.74, 6) is 1.20. The Morgan fingerprint density at radius 1 is 0.763 bits per heavy atom. The highest BCUT2D eigenvalue weighted by molar-refractivity contribution is 7.72. The predicted octanol–water partition coefficient (Wildman–Crippen LogP) is 7.09. The molecule has 186 valence electrons. The van der Waals surface area contributed by atoms with E-state index in [9.17, 15) is 0 Å². The smallest absolute Gasteiger partial charge is 0.229 e. The number of nitriles is 1. The van der Waals surface area contributed by atoms with Crippen molar-refractivity contribution in [3.05, 3.63) is 132 Å². The predicted molar refractivity (Wildman–Crippen MR) is 158 cm³/mol. The van der Waals surface area contributed by atoms with Crippen LogP contribution in [0.25, 0.3) is 0 Å². The summed E-state index contributed by atoms with van der Waals surface area (Å²) in [6.07, 6.45) is 2.71. The van der Waals surface area contributed by atoms with Crippen LogP contribution in [0.4, 0.5) is 23.1 Å². The summed E-state index contributed by atoms with van der Waals surface area (Å²) in [5, 5.41) is 18.5. The topological polar surface area (TPSA) is 73.6 Å². The minimum Gasteiger partial charge on any atom is -0.340 e. The molecule has 38 heavy (non-hydrogen) atoms. The van der Waals surface area contributed by atoms with E-state index in [-0.39, 0.29) is 0 Å².